The minimum Gasteiger partial charge on any atom is -0.355 e. The lowest BCUT2D eigenvalue weighted by atomic mass is 9.62. The van der Waals surface area contributed by atoms with Crippen LogP contribution in [-0.4, -0.2) is 42.5 Å². The van der Waals surface area contributed by atoms with Crippen molar-refractivity contribution in [1.29, 1.82) is 0 Å². The Morgan fingerprint density at radius 3 is 2.39 bits per heavy atom. The number of carbonyl (C=O) groups is 2. The molecule has 2 saturated heterocycles. The number of hydrogen-bond acceptors (Lipinski definition) is 2. The van der Waals surface area contributed by atoms with Gasteiger partial charge in [0.05, 0.1) is 0 Å². The monoisotopic (exact) mass is 482 g/mol. The van der Waals surface area contributed by atoms with Gasteiger partial charge in [-0.05, 0) is 41.5 Å². The summed E-state index contributed by atoms with van der Waals surface area (Å²) >= 11 is 5.88. The van der Waals surface area contributed by atoms with Crippen molar-refractivity contribution >= 4 is 23.4 Å². The Labute approximate surface area is 193 Å². The molecule has 0 radical (unpaired) electrons. The first-order valence-corrected chi connectivity index (χ1v) is 11.1. The van der Waals surface area contributed by atoms with E-state index in [-0.39, 0.29) is 48.5 Å². The van der Waals surface area contributed by atoms with Crippen LogP contribution < -0.4 is 5.32 Å². The molecule has 2 aliphatic rings. The van der Waals surface area contributed by atoms with Crippen LogP contribution in [0.15, 0.2) is 48.5 Å². The number of likely N-dealkylation sites (tertiary alicyclic amines) is 1. The van der Waals surface area contributed by atoms with Crippen molar-refractivity contribution in [3.63, 3.8) is 0 Å². The highest BCUT2D eigenvalue weighted by Gasteiger charge is 2.51. The van der Waals surface area contributed by atoms with E-state index in [1.807, 2.05) is 0 Å². The molecule has 33 heavy (non-hydrogen) atoms. The summed E-state index contributed by atoms with van der Waals surface area (Å²) in [5.74, 6) is -4.28. The highest BCUT2D eigenvalue weighted by atomic mass is 35.5. The van der Waals surface area contributed by atoms with E-state index >= 15 is 0 Å². The van der Waals surface area contributed by atoms with Gasteiger partial charge in [-0.2, -0.15) is 13.2 Å². The van der Waals surface area contributed by atoms with E-state index in [4.69, 9.17) is 11.6 Å². The summed E-state index contributed by atoms with van der Waals surface area (Å²) in [6, 6.07) is 11.5. The lowest BCUT2D eigenvalue weighted by Crippen LogP contribution is -2.54. The van der Waals surface area contributed by atoms with Crippen LogP contribution in [0.4, 0.5) is 17.6 Å². The molecule has 0 bridgehead atoms. The third kappa shape index (κ3) is 4.71. The molecule has 2 heterocycles. The maximum Gasteiger partial charge on any atom is 0.404 e. The van der Waals surface area contributed by atoms with Crippen LogP contribution in [0.2, 0.25) is 5.02 Å². The second kappa shape index (κ2) is 8.97. The largest absolute Gasteiger partial charge is 0.404 e. The second-order valence-corrected chi connectivity index (χ2v) is 9.21. The summed E-state index contributed by atoms with van der Waals surface area (Å²) in [5.41, 5.74) is -0.334. The van der Waals surface area contributed by atoms with Gasteiger partial charge in [-0.3, -0.25) is 9.59 Å². The summed E-state index contributed by atoms with van der Waals surface area (Å²) in [4.78, 5) is 26.4. The summed E-state index contributed by atoms with van der Waals surface area (Å²) in [7, 11) is 0. The van der Waals surface area contributed by atoms with Gasteiger partial charge in [-0.15, -0.1) is 0 Å². The number of piperidine rings is 2. The highest BCUT2D eigenvalue weighted by Crippen LogP contribution is 2.50. The smallest absolute Gasteiger partial charge is 0.355 e. The zero-order valence-corrected chi connectivity index (χ0v) is 18.4. The maximum atomic E-state index is 14.7. The normalized spacial score (nSPS) is 21.5. The van der Waals surface area contributed by atoms with Crippen LogP contribution in [0, 0.1) is 11.2 Å². The van der Waals surface area contributed by atoms with Crippen LogP contribution in [0.3, 0.4) is 0 Å². The van der Waals surface area contributed by atoms with Crippen LogP contribution in [0.5, 0.6) is 0 Å². The molecule has 2 fully saturated rings. The van der Waals surface area contributed by atoms with Crippen molar-refractivity contribution in [3.8, 4) is 0 Å². The molecule has 1 spiro atoms. The Morgan fingerprint density at radius 1 is 1.12 bits per heavy atom. The minimum absolute atomic E-state index is 0.0667. The lowest BCUT2D eigenvalue weighted by Gasteiger charge is -2.49. The van der Waals surface area contributed by atoms with Gasteiger partial charge in [0.25, 0.3) is 0 Å². The average molecular weight is 483 g/mol. The molecule has 2 amide bonds. The van der Waals surface area contributed by atoms with E-state index in [2.05, 4.69) is 5.32 Å². The topological polar surface area (TPSA) is 49.4 Å². The van der Waals surface area contributed by atoms with E-state index in [0.29, 0.717) is 18.4 Å². The van der Waals surface area contributed by atoms with Gasteiger partial charge in [0.1, 0.15) is 5.82 Å². The zero-order chi connectivity index (χ0) is 23.8. The van der Waals surface area contributed by atoms with Gasteiger partial charge in [0, 0.05) is 37.0 Å². The Hall–Kier alpha value is -2.61. The predicted molar refractivity (Wildman–Crippen MR) is 115 cm³/mol. The molecule has 2 atom stereocenters. The number of halogens is 5. The Bertz CT molecular complexity index is 1040. The van der Waals surface area contributed by atoms with E-state index in [1.165, 1.54) is 35.2 Å². The summed E-state index contributed by atoms with van der Waals surface area (Å²) < 4.78 is 56.2. The fourth-order valence-electron chi connectivity index (χ4n) is 5.16. The first-order chi connectivity index (χ1) is 15.6. The Morgan fingerprint density at radius 2 is 1.79 bits per heavy atom. The van der Waals surface area contributed by atoms with E-state index < -0.39 is 29.2 Å². The highest BCUT2D eigenvalue weighted by molar-refractivity contribution is 6.30. The van der Waals surface area contributed by atoms with Crippen LogP contribution >= 0.6 is 11.6 Å². The molecule has 176 valence electrons. The molecule has 4 nitrogen and oxygen atoms in total. The number of hydrogen-bond donors (Lipinski definition) is 1. The number of nitrogens with zero attached hydrogens (tertiary/aromatic N) is 1. The van der Waals surface area contributed by atoms with Gasteiger partial charge in [-0.25, -0.2) is 4.39 Å². The van der Waals surface area contributed by atoms with E-state index in [9.17, 15) is 27.2 Å². The summed E-state index contributed by atoms with van der Waals surface area (Å²) in [6.07, 6.45) is -3.99. The van der Waals surface area contributed by atoms with Crippen molar-refractivity contribution in [2.75, 3.05) is 19.6 Å². The zero-order valence-electron chi connectivity index (χ0n) is 17.7. The standard InChI is InChI=1S/C24H23ClF4N2O2/c25-16-6-7-17(19(26)12-16)18-14-30-20(32)13-23(18)8-10-31(11-9-23)22(33)21(24(27,28)29)15-4-2-1-3-5-15/h1-7,12,18,21H,8-11,13-14H2,(H,30,32). The maximum absolute atomic E-state index is 14.7. The minimum atomic E-state index is -4.73. The molecule has 4 rings (SSSR count). The number of benzene rings is 2. The van der Waals surface area contributed by atoms with Crippen molar-refractivity contribution in [2.45, 2.75) is 37.3 Å². The molecule has 2 aromatic rings. The fourth-order valence-corrected chi connectivity index (χ4v) is 5.32. The fraction of sp³-hybridized carbons (Fsp3) is 0.417. The number of carbonyl (C=O) groups excluding carboxylic acids is 2. The van der Waals surface area contributed by atoms with Crippen molar-refractivity contribution in [3.05, 3.63) is 70.5 Å². The second-order valence-electron chi connectivity index (χ2n) is 8.77. The Balaban J connectivity index is 1.57. The molecule has 2 aromatic carbocycles. The van der Waals surface area contributed by atoms with Crippen molar-refractivity contribution in [2.24, 2.45) is 5.41 Å². The average Bonchev–Trinajstić information content (AvgIpc) is 2.75. The van der Waals surface area contributed by atoms with Crippen molar-refractivity contribution < 1.29 is 27.2 Å². The molecule has 1 N–H and O–H groups in total. The molecule has 0 aliphatic carbocycles. The summed E-state index contributed by atoms with van der Waals surface area (Å²) in [5, 5.41) is 3.02. The van der Waals surface area contributed by atoms with Gasteiger partial charge in [-0.1, -0.05) is 48.0 Å². The third-order valence-electron chi connectivity index (χ3n) is 6.87. The number of amides is 2. The number of rotatable bonds is 3. The summed E-state index contributed by atoms with van der Waals surface area (Å²) in [6.45, 7) is 0.356. The van der Waals surface area contributed by atoms with Gasteiger partial charge in [0.15, 0.2) is 5.92 Å². The van der Waals surface area contributed by atoms with Gasteiger partial charge in [0.2, 0.25) is 11.8 Å². The van der Waals surface area contributed by atoms with E-state index in [1.54, 1.807) is 18.2 Å². The van der Waals surface area contributed by atoms with Crippen LogP contribution in [0.1, 0.15) is 42.2 Å². The third-order valence-corrected chi connectivity index (χ3v) is 7.11. The molecular formula is C24H23ClF4N2O2. The molecule has 2 unspecified atom stereocenters. The Kier molecular flexibility index (Phi) is 6.40. The SMILES string of the molecule is O=C1CC2(CCN(C(=O)C(c3ccccc3)C(F)(F)F)CC2)C(c2ccc(Cl)cc2F)CN1. The molecule has 0 saturated carbocycles. The molecule has 2 aliphatic heterocycles. The number of alkyl halides is 3. The first-order valence-electron chi connectivity index (χ1n) is 10.7. The van der Waals surface area contributed by atoms with E-state index in [0.717, 1.165) is 0 Å². The first kappa shape index (κ1) is 23.5. The number of nitrogens with one attached hydrogen (secondary N) is 1. The molecule has 9 heteroatoms. The predicted octanol–water partition coefficient (Wildman–Crippen LogP) is 5.04. The quantitative estimate of drug-likeness (QED) is 0.623. The van der Waals surface area contributed by atoms with Crippen LogP contribution in [-0.2, 0) is 9.59 Å². The molecule has 0 aromatic heterocycles. The molecular weight excluding hydrogens is 460 g/mol. The van der Waals surface area contributed by atoms with Gasteiger partial charge < -0.3 is 10.2 Å². The lowest BCUT2D eigenvalue weighted by molar-refractivity contribution is -0.173. The van der Waals surface area contributed by atoms with Gasteiger partial charge >= 0.3 is 6.18 Å². The van der Waals surface area contributed by atoms with Crippen LogP contribution in [0.25, 0.3) is 0 Å². The van der Waals surface area contributed by atoms with Crippen molar-refractivity contribution in [1.82, 2.24) is 10.2 Å².